The van der Waals surface area contributed by atoms with E-state index in [9.17, 15) is 14.4 Å². The normalized spacial score (nSPS) is 18.1. The van der Waals surface area contributed by atoms with Crippen LogP contribution in [0.15, 0.2) is 24.3 Å². The predicted molar refractivity (Wildman–Crippen MR) is 105 cm³/mol. The van der Waals surface area contributed by atoms with Crippen molar-refractivity contribution in [1.29, 1.82) is 0 Å². The molecule has 1 aliphatic carbocycles. The zero-order valence-corrected chi connectivity index (χ0v) is 16.7. The second kappa shape index (κ2) is 10.9. The molecule has 0 aromatic heterocycles. The van der Waals surface area contributed by atoms with Crippen molar-refractivity contribution in [2.24, 2.45) is 0 Å². The van der Waals surface area contributed by atoms with Gasteiger partial charge in [-0.15, -0.1) is 0 Å². The second-order valence-electron chi connectivity index (χ2n) is 7.67. The Hall–Kier alpha value is -2.45. The molecule has 2 aliphatic rings. The van der Waals surface area contributed by atoms with Crippen molar-refractivity contribution in [1.82, 2.24) is 10.6 Å². The van der Waals surface area contributed by atoms with Crippen LogP contribution in [-0.2, 0) is 20.8 Å². The van der Waals surface area contributed by atoms with E-state index in [-0.39, 0.29) is 6.04 Å². The molecule has 0 unspecified atom stereocenters. The van der Waals surface area contributed by atoms with Crippen molar-refractivity contribution < 1.29 is 28.8 Å². The Morgan fingerprint density at radius 1 is 1.03 bits per heavy atom. The lowest BCUT2D eigenvalue weighted by atomic mass is 9.96. The third-order valence-corrected chi connectivity index (χ3v) is 5.37. The third-order valence-electron chi connectivity index (χ3n) is 5.37. The summed E-state index contributed by atoms with van der Waals surface area (Å²) in [6.45, 7) is 3.91. The van der Waals surface area contributed by atoms with Gasteiger partial charge in [-0.05, 0) is 25.0 Å². The number of urea groups is 1. The maximum atomic E-state index is 12.1. The van der Waals surface area contributed by atoms with Gasteiger partial charge in [-0.1, -0.05) is 31.4 Å². The van der Waals surface area contributed by atoms with Crippen molar-refractivity contribution in [3.05, 3.63) is 35.4 Å². The first kappa shape index (κ1) is 21.3. The molecular weight excluding hydrogens is 374 g/mol. The first-order valence-electron chi connectivity index (χ1n) is 10.4. The SMILES string of the molecule is O=C(COC(=O)c1ccc(C[NH+]2CCOCC2)cc1)NC(=O)NC1CCCCC1. The minimum absolute atomic E-state index is 0.108. The van der Waals surface area contributed by atoms with Crippen molar-refractivity contribution in [3.63, 3.8) is 0 Å². The lowest BCUT2D eigenvalue weighted by Gasteiger charge is -2.23. The number of nitrogens with one attached hydrogen (secondary N) is 3. The van der Waals surface area contributed by atoms with Gasteiger partial charge in [-0.25, -0.2) is 9.59 Å². The molecule has 1 aromatic rings. The van der Waals surface area contributed by atoms with Gasteiger partial charge in [-0.3, -0.25) is 10.1 Å². The average Bonchev–Trinajstić information content (AvgIpc) is 2.74. The molecule has 0 radical (unpaired) electrons. The van der Waals surface area contributed by atoms with Gasteiger partial charge in [0.2, 0.25) is 0 Å². The Balaban J connectivity index is 1.37. The summed E-state index contributed by atoms with van der Waals surface area (Å²) in [5, 5.41) is 5.00. The number of quaternary nitrogens is 1. The van der Waals surface area contributed by atoms with Gasteiger partial charge in [0.15, 0.2) is 6.61 Å². The number of morpholine rings is 1. The molecular formula is C21H30N3O5+. The van der Waals surface area contributed by atoms with Crippen LogP contribution in [0.2, 0.25) is 0 Å². The van der Waals surface area contributed by atoms with Crippen LogP contribution in [-0.4, -0.2) is 56.9 Å². The van der Waals surface area contributed by atoms with E-state index in [1.54, 1.807) is 12.1 Å². The molecule has 3 N–H and O–H groups in total. The van der Waals surface area contributed by atoms with Crippen molar-refractivity contribution in [3.8, 4) is 0 Å². The number of carbonyl (C=O) groups excluding carboxylic acids is 3. The average molecular weight is 404 g/mol. The molecule has 3 rings (SSSR count). The number of ether oxygens (including phenoxy) is 2. The van der Waals surface area contributed by atoms with E-state index in [0.717, 1.165) is 64.1 Å². The quantitative estimate of drug-likeness (QED) is 0.597. The molecule has 0 spiro atoms. The topological polar surface area (TPSA) is 98.2 Å². The van der Waals surface area contributed by atoms with E-state index in [4.69, 9.17) is 9.47 Å². The van der Waals surface area contributed by atoms with Crippen LogP contribution >= 0.6 is 0 Å². The summed E-state index contributed by atoms with van der Waals surface area (Å²) in [5.41, 5.74) is 1.51. The summed E-state index contributed by atoms with van der Waals surface area (Å²) in [4.78, 5) is 37.3. The summed E-state index contributed by atoms with van der Waals surface area (Å²) in [6.07, 6.45) is 5.22. The van der Waals surface area contributed by atoms with E-state index in [1.165, 1.54) is 11.3 Å². The molecule has 0 atom stereocenters. The number of benzene rings is 1. The van der Waals surface area contributed by atoms with Gasteiger partial charge in [0.1, 0.15) is 19.6 Å². The summed E-state index contributed by atoms with van der Waals surface area (Å²) in [7, 11) is 0. The Kier molecular flexibility index (Phi) is 8.01. The highest BCUT2D eigenvalue weighted by Crippen LogP contribution is 2.17. The van der Waals surface area contributed by atoms with Crippen LogP contribution in [0.1, 0.15) is 48.0 Å². The number of hydrogen-bond donors (Lipinski definition) is 3. The first-order valence-corrected chi connectivity index (χ1v) is 10.4. The Labute approximate surface area is 170 Å². The molecule has 0 bridgehead atoms. The summed E-state index contributed by atoms with van der Waals surface area (Å²) >= 11 is 0. The Morgan fingerprint density at radius 2 is 1.72 bits per heavy atom. The van der Waals surface area contributed by atoms with Crippen LogP contribution in [0.3, 0.4) is 0 Å². The van der Waals surface area contributed by atoms with E-state index in [2.05, 4.69) is 10.6 Å². The molecule has 8 heteroatoms. The van der Waals surface area contributed by atoms with Crippen molar-refractivity contribution in [2.75, 3.05) is 32.9 Å². The van der Waals surface area contributed by atoms with Crippen LogP contribution in [0.4, 0.5) is 4.79 Å². The van der Waals surface area contributed by atoms with Crippen molar-refractivity contribution in [2.45, 2.75) is 44.7 Å². The Morgan fingerprint density at radius 3 is 2.41 bits per heavy atom. The fourth-order valence-corrected chi connectivity index (χ4v) is 3.73. The van der Waals surface area contributed by atoms with Gasteiger partial charge in [0, 0.05) is 11.6 Å². The van der Waals surface area contributed by atoms with Crippen LogP contribution in [0, 0.1) is 0 Å². The number of esters is 1. The maximum absolute atomic E-state index is 12.1. The largest absolute Gasteiger partial charge is 0.452 e. The molecule has 29 heavy (non-hydrogen) atoms. The maximum Gasteiger partial charge on any atom is 0.338 e. The smallest absolute Gasteiger partial charge is 0.338 e. The number of rotatable bonds is 6. The number of amides is 3. The molecule has 1 saturated carbocycles. The van der Waals surface area contributed by atoms with Gasteiger partial charge in [-0.2, -0.15) is 0 Å². The lowest BCUT2D eigenvalue weighted by Crippen LogP contribution is -3.12. The van der Waals surface area contributed by atoms with E-state index in [0.29, 0.717) is 5.56 Å². The highest BCUT2D eigenvalue weighted by atomic mass is 16.5. The van der Waals surface area contributed by atoms with Crippen molar-refractivity contribution >= 4 is 17.9 Å². The van der Waals surface area contributed by atoms with Gasteiger partial charge in [0.05, 0.1) is 18.8 Å². The molecule has 1 aliphatic heterocycles. The predicted octanol–water partition coefficient (Wildman–Crippen LogP) is 0.417. The first-order chi connectivity index (χ1) is 14.1. The lowest BCUT2D eigenvalue weighted by molar-refractivity contribution is -0.921. The molecule has 1 aromatic carbocycles. The third kappa shape index (κ3) is 7.14. The standard InChI is InChI=1S/C21H29N3O5/c25-19(23-21(27)22-18-4-2-1-3-5-18)15-29-20(26)17-8-6-16(7-9-17)14-24-10-12-28-13-11-24/h6-9,18H,1-5,10-15H2,(H2,22,23,25,27)/p+1. The monoisotopic (exact) mass is 404 g/mol. The number of imide groups is 1. The van der Waals surface area contributed by atoms with Gasteiger partial charge < -0.3 is 19.7 Å². The zero-order valence-electron chi connectivity index (χ0n) is 16.7. The fourth-order valence-electron chi connectivity index (χ4n) is 3.73. The molecule has 2 fully saturated rings. The molecule has 1 saturated heterocycles. The van der Waals surface area contributed by atoms with E-state index < -0.39 is 24.5 Å². The summed E-state index contributed by atoms with van der Waals surface area (Å²) in [5.74, 6) is -1.22. The van der Waals surface area contributed by atoms with Crippen LogP contribution in [0.5, 0.6) is 0 Å². The summed E-state index contributed by atoms with van der Waals surface area (Å²) < 4.78 is 10.4. The molecule has 1 heterocycles. The van der Waals surface area contributed by atoms with Crippen LogP contribution < -0.4 is 15.5 Å². The minimum atomic E-state index is -0.640. The number of hydrogen-bond acceptors (Lipinski definition) is 5. The van der Waals surface area contributed by atoms with Crippen LogP contribution in [0.25, 0.3) is 0 Å². The minimum Gasteiger partial charge on any atom is -0.452 e. The van der Waals surface area contributed by atoms with Gasteiger partial charge >= 0.3 is 12.0 Å². The highest BCUT2D eigenvalue weighted by molar-refractivity contribution is 5.97. The van der Waals surface area contributed by atoms with E-state index >= 15 is 0 Å². The zero-order chi connectivity index (χ0) is 20.5. The fraction of sp³-hybridized carbons (Fsp3) is 0.571. The van der Waals surface area contributed by atoms with E-state index in [1.807, 2.05) is 12.1 Å². The summed E-state index contributed by atoms with van der Waals surface area (Å²) in [6, 6.07) is 6.77. The number of carbonyl (C=O) groups is 3. The molecule has 158 valence electrons. The van der Waals surface area contributed by atoms with Gasteiger partial charge in [0.25, 0.3) is 5.91 Å². The highest BCUT2D eigenvalue weighted by Gasteiger charge is 2.18. The second-order valence-corrected chi connectivity index (χ2v) is 7.67. The molecule has 8 nitrogen and oxygen atoms in total. The Bertz CT molecular complexity index is 695. The molecule has 3 amide bonds.